The first-order valence-electron chi connectivity index (χ1n) is 7.22. The Balaban J connectivity index is 1.67. The summed E-state index contributed by atoms with van der Waals surface area (Å²) < 4.78 is 1.69. The second kappa shape index (κ2) is 6.27. The van der Waals surface area contributed by atoms with Gasteiger partial charge in [-0.1, -0.05) is 60.7 Å². The molecule has 0 saturated carbocycles. The van der Waals surface area contributed by atoms with Crippen molar-refractivity contribution < 1.29 is 0 Å². The van der Waals surface area contributed by atoms with Gasteiger partial charge in [-0.15, -0.1) is 0 Å². The summed E-state index contributed by atoms with van der Waals surface area (Å²) in [4.78, 5) is 12.0. The third-order valence-corrected chi connectivity index (χ3v) is 3.56. The maximum atomic E-state index is 12.0. The van der Waals surface area contributed by atoms with Crippen molar-refractivity contribution in [3.63, 3.8) is 0 Å². The Hall–Kier alpha value is -2.55. The number of aromatic nitrogens is 2. The van der Waals surface area contributed by atoms with E-state index in [0.717, 1.165) is 24.1 Å². The quantitative estimate of drug-likeness (QED) is 0.762. The summed E-state index contributed by atoms with van der Waals surface area (Å²) in [5, 5.41) is 3.19. The van der Waals surface area contributed by atoms with E-state index in [4.69, 9.17) is 0 Å². The Morgan fingerprint density at radius 1 is 0.905 bits per heavy atom. The molecule has 2 aromatic carbocycles. The molecule has 0 atom stereocenters. The predicted octanol–water partition coefficient (Wildman–Crippen LogP) is 3.48. The van der Waals surface area contributed by atoms with Gasteiger partial charge in [0, 0.05) is 12.6 Å². The molecule has 0 fully saturated rings. The van der Waals surface area contributed by atoms with Crippen LogP contribution in [0.2, 0.25) is 0 Å². The van der Waals surface area contributed by atoms with Gasteiger partial charge < -0.3 is 0 Å². The molecule has 3 nitrogen and oxygen atoms in total. The van der Waals surface area contributed by atoms with Crippen LogP contribution in [-0.4, -0.2) is 9.78 Å². The lowest BCUT2D eigenvalue weighted by atomic mass is 10.1. The highest BCUT2D eigenvalue weighted by Crippen LogP contribution is 2.14. The van der Waals surface area contributed by atoms with Crippen molar-refractivity contribution in [2.45, 2.75) is 19.4 Å². The van der Waals surface area contributed by atoms with Gasteiger partial charge >= 0.3 is 0 Å². The topological polar surface area (TPSA) is 37.8 Å². The first-order valence-corrected chi connectivity index (χ1v) is 7.22. The van der Waals surface area contributed by atoms with Gasteiger partial charge in [-0.05, 0) is 24.0 Å². The minimum atomic E-state index is 0.0296. The van der Waals surface area contributed by atoms with Gasteiger partial charge in [0.1, 0.15) is 0 Å². The molecule has 106 valence electrons. The number of benzene rings is 2. The normalized spacial score (nSPS) is 10.7. The van der Waals surface area contributed by atoms with E-state index in [1.54, 1.807) is 10.7 Å². The lowest BCUT2D eigenvalue weighted by molar-refractivity contribution is 0.565. The lowest BCUT2D eigenvalue weighted by Crippen LogP contribution is -2.16. The highest BCUT2D eigenvalue weighted by molar-refractivity contribution is 5.57. The molecular weight excluding hydrogens is 260 g/mol. The molecular formula is C18H18N2O. The maximum absolute atomic E-state index is 12.0. The van der Waals surface area contributed by atoms with Crippen LogP contribution in [0.4, 0.5) is 0 Å². The summed E-state index contributed by atoms with van der Waals surface area (Å²) in [5.41, 5.74) is 3.25. The van der Waals surface area contributed by atoms with E-state index in [2.05, 4.69) is 17.2 Å². The summed E-state index contributed by atoms with van der Waals surface area (Å²) >= 11 is 0. The monoisotopic (exact) mass is 278 g/mol. The number of hydrogen-bond donors (Lipinski definition) is 1. The van der Waals surface area contributed by atoms with Crippen molar-refractivity contribution in [1.82, 2.24) is 9.78 Å². The first kappa shape index (κ1) is 13.4. The zero-order valence-corrected chi connectivity index (χ0v) is 11.8. The van der Waals surface area contributed by atoms with Crippen LogP contribution < -0.4 is 5.56 Å². The van der Waals surface area contributed by atoms with Crippen molar-refractivity contribution in [2.24, 2.45) is 0 Å². The second-order valence-electron chi connectivity index (χ2n) is 5.11. The van der Waals surface area contributed by atoms with Crippen LogP contribution in [0, 0.1) is 0 Å². The molecule has 0 amide bonds. The van der Waals surface area contributed by atoms with E-state index < -0.39 is 0 Å². The predicted molar refractivity (Wildman–Crippen MR) is 85.3 cm³/mol. The average Bonchev–Trinajstić information content (AvgIpc) is 2.91. The van der Waals surface area contributed by atoms with E-state index in [0.29, 0.717) is 6.54 Å². The van der Waals surface area contributed by atoms with Gasteiger partial charge in [-0.2, -0.15) is 0 Å². The molecule has 1 N–H and O–H groups in total. The van der Waals surface area contributed by atoms with Crippen LogP contribution in [0.3, 0.4) is 0 Å². The van der Waals surface area contributed by atoms with Crippen molar-refractivity contribution in [3.8, 4) is 11.3 Å². The molecule has 3 heteroatoms. The van der Waals surface area contributed by atoms with Crippen LogP contribution in [0.25, 0.3) is 11.3 Å². The molecule has 0 aliphatic heterocycles. The molecule has 0 bridgehead atoms. The maximum Gasteiger partial charge on any atom is 0.267 e. The highest BCUT2D eigenvalue weighted by atomic mass is 16.1. The Morgan fingerprint density at radius 3 is 2.29 bits per heavy atom. The molecule has 3 aromatic rings. The number of aryl methyl sites for hydroxylation is 2. The van der Waals surface area contributed by atoms with Crippen LogP contribution in [-0.2, 0) is 13.0 Å². The van der Waals surface area contributed by atoms with E-state index in [9.17, 15) is 4.79 Å². The number of aromatic amines is 1. The zero-order valence-electron chi connectivity index (χ0n) is 11.8. The smallest absolute Gasteiger partial charge is 0.267 e. The number of nitrogens with zero attached hydrogens (tertiary/aromatic N) is 1. The SMILES string of the molecule is O=c1cc(-c2ccccc2)[nH]n1CCCc1ccccc1. The molecule has 0 radical (unpaired) electrons. The van der Waals surface area contributed by atoms with E-state index in [-0.39, 0.29) is 5.56 Å². The van der Waals surface area contributed by atoms with E-state index >= 15 is 0 Å². The molecule has 1 aromatic heterocycles. The summed E-state index contributed by atoms with van der Waals surface area (Å²) in [7, 11) is 0. The summed E-state index contributed by atoms with van der Waals surface area (Å²) in [6, 6.07) is 21.9. The van der Waals surface area contributed by atoms with Crippen molar-refractivity contribution in [1.29, 1.82) is 0 Å². The van der Waals surface area contributed by atoms with Gasteiger partial charge in [-0.25, -0.2) is 0 Å². The Bertz CT molecular complexity index is 742. The van der Waals surface area contributed by atoms with Gasteiger partial charge in [0.25, 0.3) is 5.56 Å². The first-order chi connectivity index (χ1) is 10.3. The summed E-state index contributed by atoms with van der Waals surface area (Å²) in [6.07, 6.45) is 1.92. The summed E-state index contributed by atoms with van der Waals surface area (Å²) in [6.45, 7) is 0.709. The standard InChI is InChI=1S/C18H18N2O/c21-18-14-17(16-11-5-2-6-12-16)19-20(18)13-7-10-15-8-3-1-4-9-15/h1-6,8-9,11-12,14,19H,7,10,13H2. The molecule has 1 heterocycles. The fourth-order valence-electron chi connectivity index (χ4n) is 2.45. The Morgan fingerprint density at radius 2 is 1.57 bits per heavy atom. The molecule has 0 aliphatic rings. The highest BCUT2D eigenvalue weighted by Gasteiger charge is 2.04. The van der Waals surface area contributed by atoms with Crippen LogP contribution in [0.1, 0.15) is 12.0 Å². The van der Waals surface area contributed by atoms with Crippen LogP contribution in [0.15, 0.2) is 71.5 Å². The fraction of sp³-hybridized carbons (Fsp3) is 0.167. The van der Waals surface area contributed by atoms with Gasteiger partial charge in [0.15, 0.2) is 0 Å². The Kier molecular flexibility index (Phi) is 4.01. The van der Waals surface area contributed by atoms with Crippen LogP contribution in [0.5, 0.6) is 0 Å². The van der Waals surface area contributed by atoms with Gasteiger partial charge in [-0.3, -0.25) is 14.6 Å². The number of H-pyrrole nitrogens is 1. The van der Waals surface area contributed by atoms with Crippen LogP contribution >= 0.6 is 0 Å². The second-order valence-corrected chi connectivity index (χ2v) is 5.11. The minimum absolute atomic E-state index is 0.0296. The third-order valence-electron chi connectivity index (χ3n) is 3.56. The number of hydrogen-bond acceptors (Lipinski definition) is 1. The Labute approximate surface area is 123 Å². The molecule has 0 unspecified atom stereocenters. The molecule has 0 saturated heterocycles. The van der Waals surface area contributed by atoms with Crippen molar-refractivity contribution in [3.05, 3.63) is 82.6 Å². The average molecular weight is 278 g/mol. The lowest BCUT2D eigenvalue weighted by Gasteiger charge is -2.03. The summed E-state index contributed by atoms with van der Waals surface area (Å²) in [5.74, 6) is 0. The molecule has 3 rings (SSSR count). The zero-order chi connectivity index (χ0) is 14.5. The fourth-order valence-corrected chi connectivity index (χ4v) is 2.45. The molecule has 0 aliphatic carbocycles. The van der Waals surface area contributed by atoms with Gasteiger partial charge in [0.05, 0.1) is 5.69 Å². The van der Waals surface area contributed by atoms with E-state index in [1.165, 1.54) is 5.56 Å². The molecule has 21 heavy (non-hydrogen) atoms. The largest absolute Gasteiger partial charge is 0.295 e. The van der Waals surface area contributed by atoms with Crippen molar-refractivity contribution >= 4 is 0 Å². The minimum Gasteiger partial charge on any atom is -0.295 e. The third kappa shape index (κ3) is 3.31. The van der Waals surface area contributed by atoms with Gasteiger partial charge in [0.2, 0.25) is 0 Å². The van der Waals surface area contributed by atoms with E-state index in [1.807, 2.05) is 48.5 Å². The number of rotatable bonds is 5. The van der Waals surface area contributed by atoms with Crippen molar-refractivity contribution in [2.75, 3.05) is 0 Å². The molecule has 0 spiro atoms. The number of nitrogens with one attached hydrogen (secondary N) is 1.